The second kappa shape index (κ2) is 5.32. The van der Waals surface area contributed by atoms with Crippen molar-refractivity contribution in [1.29, 1.82) is 0 Å². The van der Waals surface area contributed by atoms with Gasteiger partial charge < -0.3 is 4.74 Å². The molecule has 0 amide bonds. The molecule has 0 spiro atoms. The van der Waals surface area contributed by atoms with E-state index < -0.39 is 10.0 Å². The average Bonchev–Trinajstić information content (AvgIpc) is 2.30. The normalized spacial score (nSPS) is 18.2. The SMILES string of the molecule is O=S(=O)(NN1CCOCC1)c1cccc(Cl)c1. The number of hydrazine groups is 1. The van der Waals surface area contributed by atoms with Gasteiger partial charge in [-0.3, -0.25) is 0 Å². The topological polar surface area (TPSA) is 58.6 Å². The Morgan fingerprint density at radius 1 is 1.29 bits per heavy atom. The van der Waals surface area contributed by atoms with E-state index in [0.717, 1.165) is 0 Å². The summed E-state index contributed by atoms with van der Waals surface area (Å²) >= 11 is 5.77. The highest BCUT2D eigenvalue weighted by atomic mass is 35.5. The maximum atomic E-state index is 12.0. The molecule has 1 aromatic rings. The first-order valence-corrected chi connectivity index (χ1v) is 7.05. The van der Waals surface area contributed by atoms with Gasteiger partial charge in [0.25, 0.3) is 10.0 Å². The minimum atomic E-state index is -3.55. The number of benzene rings is 1. The Bertz CT molecular complexity index is 486. The number of nitrogens with one attached hydrogen (secondary N) is 1. The van der Waals surface area contributed by atoms with Gasteiger partial charge in [-0.05, 0) is 18.2 Å². The Morgan fingerprint density at radius 2 is 2.00 bits per heavy atom. The highest BCUT2D eigenvalue weighted by molar-refractivity contribution is 7.89. The third-order valence-electron chi connectivity index (χ3n) is 2.37. The van der Waals surface area contributed by atoms with Crippen LogP contribution in [0.1, 0.15) is 0 Å². The minimum Gasteiger partial charge on any atom is -0.379 e. The van der Waals surface area contributed by atoms with E-state index >= 15 is 0 Å². The number of halogens is 1. The third kappa shape index (κ3) is 3.40. The quantitative estimate of drug-likeness (QED) is 0.890. The maximum Gasteiger partial charge on any atom is 0.253 e. The summed E-state index contributed by atoms with van der Waals surface area (Å²) in [6.07, 6.45) is 0. The van der Waals surface area contributed by atoms with E-state index in [-0.39, 0.29) is 4.90 Å². The predicted molar refractivity (Wildman–Crippen MR) is 64.2 cm³/mol. The summed E-state index contributed by atoms with van der Waals surface area (Å²) in [5.41, 5.74) is 0. The standard InChI is InChI=1S/C10H13ClN2O3S/c11-9-2-1-3-10(8-9)17(14,15)12-13-4-6-16-7-5-13/h1-3,8,12H,4-7H2. The van der Waals surface area contributed by atoms with Gasteiger partial charge in [0, 0.05) is 18.1 Å². The van der Waals surface area contributed by atoms with Gasteiger partial charge in [0.1, 0.15) is 0 Å². The first-order chi connectivity index (χ1) is 8.08. The monoisotopic (exact) mass is 276 g/mol. The summed E-state index contributed by atoms with van der Waals surface area (Å²) in [5, 5.41) is 2.02. The molecule has 0 bridgehead atoms. The van der Waals surface area contributed by atoms with Crippen LogP contribution >= 0.6 is 11.6 Å². The van der Waals surface area contributed by atoms with Gasteiger partial charge in [0.15, 0.2) is 0 Å². The molecule has 1 aliphatic rings. The lowest BCUT2D eigenvalue weighted by molar-refractivity contribution is 0.0272. The van der Waals surface area contributed by atoms with Gasteiger partial charge in [0.2, 0.25) is 0 Å². The summed E-state index contributed by atoms with van der Waals surface area (Å²) in [6.45, 7) is 2.13. The van der Waals surface area contributed by atoms with E-state index in [9.17, 15) is 8.42 Å². The van der Waals surface area contributed by atoms with Crippen LogP contribution in [-0.2, 0) is 14.8 Å². The molecule has 1 aliphatic heterocycles. The Morgan fingerprint density at radius 3 is 2.65 bits per heavy atom. The van der Waals surface area contributed by atoms with Crippen molar-refractivity contribution in [3.05, 3.63) is 29.3 Å². The van der Waals surface area contributed by atoms with Gasteiger partial charge in [0.05, 0.1) is 18.1 Å². The number of morpholine rings is 1. The molecule has 1 N–H and O–H groups in total. The summed E-state index contributed by atoms with van der Waals surface area (Å²) in [7, 11) is -3.55. The fourth-order valence-corrected chi connectivity index (χ4v) is 2.93. The molecule has 1 aromatic carbocycles. The van der Waals surface area contributed by atoms with E-state index in [2.05, 4.69) is 4.83 Å². The summed E-state index contributed by atoms with van der Waals surface area (Å²) in [4.78, 5) is 2.67. The fraction of sp³-hybridized carbons (Fsp3) is 0.400. The first-order valence-electron chi connectivity index (χ1n) is 5.19. The van der Waals surface area contributed by atoms with Crippen LogP contribution < -0.4 is 4.83 Å². The highest BCUT2D eigenvalue weighted by Gasteiger charge is 2.20. The molecule has 2 rings (SSSR count). The molecule has 94 valence electrons. The first kappa shape index (κ1) is 12.8. The molecule has 0 unspecified atom stereocenters. The van der Waals surface area contributed by atoms with E-state index in [4.69, 9.17) is 16.3 Å². The lowest BCUT2D eigenvalue weighted by Gasteiger charge is -2.26. The van der Waals surface area contributed by atoms with Crippen LogP contribution in [0.3, 0.4) is 0 Å². The molecule has 1 heterocycles. The van der Waals surface area contributed by atoms with Crippen LogP contribution in [0.25, 0.3) is 0 Å². The highest BCUT2D eigenvalue weighted by Crippen LogP contribution is 2.15. The Kier molecular flexibility index (Phi) is 4.01. The molecule has 1 saturated heterocycles. The second-order valence-corrected chi connectivity index (χ2v) is 5.75. The molecule has 0 atom stereocenters. The molecular weight excluding hydrogens is 264 g/mol. The van der Waals surface area contributed by atoms with E-state index in [1.165, 1.54) is 12.1 Å². The van der Waals surface area contributed by atoms with E-state index in [0.29, 0.717) is 31.3 Å². The van der Waals surface area contributed by atoms with Gasteiger partial charge in [-0.1, -0.05) is 17.7 Å². The van der Waals surface area contributed by atoms with Crippen LogP contribution in [0.5, 0.6) is 0 Å². The summed E-state index contributed by atoms with van der Waals surface area (Å²) in [6, 6.07) is 6.17. The number of hydrogen-bond donors (Lipinski definition) is 1. The Balaban J connectivity index is 2.13. The van der Waals surface area contributed by atoms with Gasteiger partial charge in [-0.25, -0.2) is 13.4 Å². The van der Waals surface area contributed by atoms with Crippen molar-refractivity contribution in [3.8, 4) is 0 Å². The number of hydrogen-bond acceptors (Lipinski definition) is 4. The van der Waals surface area contributed by atoms with Gasteiger partial charge in [-0.2, -0.15) is 0 Å². The van der Waals surface area contributed by atoms with Crippen molar-refractivity contribution in [3.63, 3.8) is 0 Å². The number of rotatable bonds is 3. The zero-order chi connectivity index (χ0) is 12.3. The van der Waals surface area contributed by atoms with Crippen LogP contribution in [0.15, 0.2) is 29.2 Å². The van der Waals surface area contributed by atoms with Crippen molar-refractivity contribution >= 4 is 21.6 Å². The van der Waals surface area contributed by atoms with Crippen molar-refractivity contribution in [2.24, 2.45) is 0 Å². The largest absolute Gasteiger partial charge is 0.379 e. The number of nitrogens with zero attached hydrogens (tertiary/aromatic N) is 1. The molecule has 17 heavy (non-hydrogen) atoms. The van der Waals surface area contributed by atoms with Crippen LogP contribution in [0, 0.1) is 0 Å². The molecule has 0 aromatic heterocycles. The van der Waals surface area contributed by atoms with Crippen molar-refractivity contribution in [1.82, 2.24) is 9.84 Å². The lowest BCUT2D eigenvalue weighted by Crippen LogP contribution is -2.48. The molecule has 0 radical (unpaired) electrons. The fourth-order valence-electron chi connectivity index (χ4n) is 1.51. The van der Waals surface area contributed by atoms with E-state index in [1.807, 2.05) is 0 Å². The molecule has 0 aliphatic carbocycles. The third-order valence-corrected chi connectivity index (χ3v) is 3.97. The summed E-state index contributed by atoms with van der Waals surface area (Å²) < 4.78 is 29.1. The molecule has 1 fully saturated rings. The molecule has 5 nitrogen and oxygen atoms in total. The van der Waals surface area contributed by atoms with Crippen molar-refractivity contribution in [2.75, 3.05) is 26.3 Å². The molecule has 0 saturated carbocycles. The second-order valence-electron chi connectivity index (χ2n) is 3.65. The maximum absolute atomic E-state index is 12.0. The van der Waals surface area contributed by atoms with Gasteiger partial charge in [-0.15, -0.1) is 4.83 Å². The lowest BCUT2D eigenvalue weighted by atomic mass is 10.4. The van der Waals surface area contributed by atoms with Gasteiger partial charge >= 0.3 is 0 Å². The van der Waals surface area contributed by atoms with E-state index in [1.54, 1.807) is 17.1 Å². The average molecular weight is 277 g/mol. The summed E-state index contributed by atoms with van der Waals surface area (Å²) in [5.74, 6) is 0. The molecule has 7 heteroatoms. The zero-order valence-electron chi connectivity index (χ0n) is 9.10. The van der Waals surface area contributed by atoms with Crippen LogP contribution in [0.2, 0.25) is 5.02 Å². The van der Waals surface area contributed by atoms with Crippen molar-refractivity contribution < 1.29 is 13.2 Å². The Hall–Kier alpha value is -0.660. The zero-order valence-corrected chi connectivity index (χ0v) is 10.7. The van der Waals surface area contributed by atoms with Crippen molar-refractivity contribution in [2.45, 2.75) is 4.90 Å². The Labute approximate surface area is 105 Å². The minimum absolute atomic E-state index is 0.163. The molecular formula is C10H13ClN2O3S. The number of ether oxygens (including phenoxy) is 1. The number of sulfonamides is 1. The predicted octanol–water partition coefficient (Wildman–Crippen LogP) is 0.866. The smallest absolute Gasteiger partial charge is 0.253 e. The van der Waals surface area contributed by atoms with Crippen LogP contribution in [-0.4, -0.2) is 39.7 Å². The van der Waals surface area contributed by atoms with Crippen LogP contribution in [0.4, 0.5) is 0 Å².